The first-order valence-electron chi connectivity index (χ1n) is 10.8. The molecular formula is C23H29N5OS. The molecule has 4 rings (SSSR count). The van der Waals surface area contributed by atoms with Crippen molar-refractivity contribution in [1.29, 1.82) is 0 Å². The molecule has 0 atom stereocenters. The summed E-state index contributed by atoms with van der Waals surface area (Å²) < 4.78 is 2.28. The Morgan fingerprint density at radius 2 is 2.03 bits per heavy atom. The lowest BCUT2D eigenvalue weighted by molar-refractivity contribution is 0.0956. The quantitative estimate of drug-likeness (QED) is 0.596. The SMILES string of the molecule is Cc1ccc(-c2nc(C)c(C(=O)NCCCc3nnc4n3CCCCC4)s2)c(C)c1. The lowest BCUT2D eigenvalue weighted by Crippen LogP contribution is -2.24. The Bertz CT molecular complexity index is 1050. The molecule has 0 saturated heterocycles. The fourth-order valence-electron chi connectivity index (χ4n) is 4.03. The maximum absolute atomic E-state index is 12.7. The molecule has 0 saturated carbocycles. The number of fused-ring (bicyclic) bond motifs is 1. The standard InChI is InChI=1S/C23H29N5OS/c1-15-10-11-18(16(2)14-15)23-25-17(3)21(30-23)22(29)24-12-7-9-20-27-26-19-8-5-4-6-13-28(19)20/h10-11,14H,4-9,12-13H2,1-3H3,(H,24,29). The zero-order chi connectivity index (χ0) is 21.1. The fourth-order valence-corrected chi connectivity index (χ4v) is 5.11. The zero-order valence-corrected chi connectivity index (χ0v) is 18.8. The molecular weight excluding hydrogens is 394 g/mol. The molecule has 0 radical (unpaired) electrons. The molecule has 1 aromatic carbocycles. The lowest BCUT2D eigenvalue weighted by atomic mass is 10.1. The van der Waals surface area contributed by atoms with E-state index in [0.29, 0.717) is 11.4 Å². The average molecular weight is 424 g/mol. The molecule has 2 aromatic heterocycles. The van der Waals surface area contributed by atoms with Crippen molar-refractivity contribution in [1.82, 2.24) is 25.1 Å². The van der Waals surface area contributed by atoms with Crippen molar-refractivity contribution >= 4 is 17.2 Å². The Morgan fingerprint density at radius 3 is 2.87 bits per heavy atom. The third-order valence-electron chi connectivity index (χ3n) is 5.66. The highest BCUT2D eigenvalue weighted by Crippen LogP contribution is 2.30. The normalized spacial score (nSPS) is 13.7. The van der Waals surface area contributed by atoms with Gasteiger partial charge in [0, 0.05) is 31.5 Å². The topological polar surface area (TPSA) is 72.7 Å². The second-order valence-corrected chi connectivity index (χ2v) is 9.11. The number of carbonyl (C=O) groups excluding carboxylic acids is 1. The van der Waals surface area contributed by atoms with E-state index in [4.69, 9.17) is 0 Å². The van der Waals surface area contributed by atoms with Gasteiger partial charge in [-0.2, -0.15) is 0 Å². The number of thiazole rings is 1. The number of aryl methyl sites for hydroxylation is 5. The van der Waals surface area contributed by atoms with Gasteiger partial charge in [-0.1, -0.05) is 30.2 Å². The molecule has 3 aromatic rings. The van der Waals surface area contributed by atoms with Crippen LogP contribution in [-0.2, 0) is 19.4 Å². The summed E-state index contributed by atoms with van der Waals surface area (Å²) in [5.74, 6) is 2.12. The van der Waals surface area contributed by atoms with Gasteiger partial charge in [0.2, 0.25) is 0 Å². The van der Waals surface area contributed by atoms with Gasteiger partial charge in [0.05, 0.1) is 5.69 Å². The Balaban J connectivity index is 1.35. The highest BCUT2D eigenvalue weighted by Gasteiger charge is 2.18. The molecule has 0 bridgehead atoms. The monoisotopic (exact) mass is 423 g/mol. The van der Waals surface area contributed by atoms with Crippen LogP contribution in [0.2, 0.25) is 0 Å². The third kappa shape index (κ3) is 4.46. The molecule has 1 amide bonds. The van der Waals surface area contributed by atoms with Crippen molar-refractivity contribution in [2.24, 2.45) is 0 Å². The summed E-state index contributed by atoms with van der Waals surface area (Å²) in [6.07, 6.45) is 6.37. The minimum Gasteiger partial charge on any atom is -0.351 e. The van der Waals surface area contributed by atoms with Gasteiger partial charge >= 0.3 is 0 Å². The van der Waals surface area contributed by atoms with Crippen molar-refractivity contribution < 1.29 is 4.79 Å². The van der Waals surface area contributed by atoms with Gasteiger partial charge in [0.25, 0.3) is 5.91 Å². The second kappa shape index (κ2) is 9.08. The molecule has 6 nitrogen and oxygen atoms in total. The number of amides is 1. The van der Waals surface area contributed by atoms with Crippen LogP contribution < -0.4 is 5.32 Å². The van der Waals surface area contributed by atoms with E-state index in [-0.39, 0.29) is 5.91 Å². The summed E-state index contributed by atoms with van der Waals surface area (Å²) >= 11 is 1.47. The van der Waals surface area contributed by atoms with E-state index in [0.717, 1.165) is 53.7 Å². The largest absolute Gasteiger partial charge is 0.351 e. The van der Waals surface area contributed by atoms with Gasteiger partial charge in [-0.15, -0.1) is 21.5 Å². The van der Waals surface area contributed by atoms with E-state index < -0.39 is 0 Å². The van der Waals surface area contributed by atoms with E-state index >= 15 is 0 Å². The number of benzene rings is 1. The molecule has 7 heteroatoms. The molecule has 0 spiro atoms. The summed E-state index contributed by atoms with van der Waals surface area (Å²) in [6.45, 7) is 7.72. The number of rotatable bonds is 6. The van der Waals surface area contributed by atoms with E-state index in [9.17, 15) is 4.79 Å². The number of nitrogens with zero attached hydrogens (tertiary/aromatic N) is 4. The van der Waals surface area contributed by atoms with Crippen molar-refractivity contribution in [3.8, 4) is 10.6 Å². The predicted molar refractivity (Wildman–Crippen MR) is 120 cm³/mol. The highest BCUT2D eigenvalue weighted by atomic mass is 32.1. The van der Waals surface area contributed by atoms with E-state index in [1.807, 2.05) is 6.92 Å². The van der Waals surface area contributed by atoms with Gasteiger partial charge < -0.3 is 9.88 Å². The van der Waals surface area contributed by atoms with Crippen molar-refractivity contribution in [3.63, 3.8) is 0 Å². The van der Waals surface area contributed by atoms with Crippen molar-refractivity contribution in [2.45, 2.75) is 65.8 Å². The summed E-state index contributed by atoms with van der Waals surface area (Å²) in [5, 5.41) is 12.7. The maximum Gasteiger partial charge on any atom is 0.263 e. The van der Waals surface area contributed by atoms with E-state index in [2.05, 4.69) is 57.1 Å². The molecule has 30 heavy (non-hydrogen) atoms. The summed E-state index contributed by atoms with van der Waals surface area (Å²) in [7, 11) is 0. The lowest BCUT2D eigenvalue weighted by Gasteiger charge is -2.07. The Hall–Kier alpha value is -2.54. The highest BCUT2D eigenvalue weighted by molar-refractivity contribution is 7.17. The van der Waals surface area contributed by atoms with Crippen LogP contribution in [0.3, 0.4) is 0 Å². The van der Waals surface area contributed by atoms with Gasteiger partial charge in [-0.05, 0) is 45.6 Å². The number of nitrogens with one attached hydrogen (secondary N) is 1. The van der Waals surface area contributed by atoms with Gasteiger partial charge in [0.1, 0.15) is 21.5 Å². The number of hydrogen-bond donors (Lipinski definition) is 1. The molecule has 1 aliphatic heterocycles. The molecule has 1 aliphatic rings. The summed E-state index contributed by atoms with van der Waals surface area (Å²) in [4.78, 5) is 18.1. The second-order valence-electron chi connectivity index (χ2n) is 8.11. The first-order chi connectivity index (χ1) is 14.5. The Kier molecular flexibility index (Phi) is 6.27. The van der Waals surface area contributed by atoms with Crippen LogP contribution in [0.15, 0.2) is 18.2 Å². The number of hydrogen-bond acceptors (Lipinski definition) is 5. The third-order valence-corrected chi connectivity index (χ3v) is 6.85. The predicted octanol–water partition coefficient (Wildman–Crippen LogP) is 4.42. The minimum atomic E-state index is -0.0407. The smallest absolute Gasteiger partial charge is 0.263 e. The Morgan fingerprint density at radius 1 is 1.17 bits per heavy atom. The van der Waals surface area contributed by atoms with Crippen LogP contribution in [0.5, 0.6) is 0 Å². The Labute approximate surface area is 181 Å². The van der Waals surface area contributed by atoms with Crippen LogP contribution in [0, 0.1) is 20.8 Å². The fraction of sp³-hybridized carbons (Fsp3) is 0.478. The minimum absolute atomic E-state index is 0.0407. The molecule has 1 N–H and O–H groups in total. The number of aromatic nitrogens is 4. The molecule has 0 aliphatic carbocycles. The van der Waals surface area contributed by atoms with Crippen LogP contribution in [0.4, 0.5) is 0 Å². The van der Waals surface area contributed by atoms with E-state index in [1.54, 1.807) is 0 Å². The van der Waals surface area contributed by atoms with Gasteiger partial charge in [-0.3, -0.25) is 4.79 Å². The molecule has 0 unspecified atom stereocenters. The van der Waals surface area contributed by atoms with Crippen LogP contribution in [0.1, 0.15) is 63.8 Å². The van der Waals surface area contributed by atoms with Crippen molar-refractivity contribution in [2.75, 3.05) is 6.54 Å². The maximum atomic E-state index is 12.7. The average Bonchev–Trinajstić information content (AvgIpc) is 3.19. The van der Waals surface area contributed by atoms with Crippen LogP contribution in [0.25, 0.3) is 10.6 Å². The van der Waals surface area contributed by atoms with E-state index in [1.165, 1.54) is 41.7 Å². The van der Waals surface area contributed by atoms with Gasteiger partial charge in [-0.25, -0.2) is 4.98 Å². The van der Waals surface area contributed by atoms with Gasteiger partial charge in [0.15, 0.2) is 0 Å². The summed E-state index contributed by atoms with van der Waals surface area (Å²) in [5.41, 5.74) is 4.30. The van der Waals surface area contributed by atoms with Crippen LogP contribution >= 0.6 is 11.3 Å². The molecule has 158 valence electrons. The number of carbonyl (C=O) groups is 1. The zero-order valence-electron chi connectivity index (χ0n) is 18.0. The van der Waals surface area contributed by atoms with Crippen molar-refractivity contribution in [3.05, 3.63) is 51.5 Å². The summed E-state index contributed by atoms with van der Waals surface area (Å²) in [6, 6.07) is 6.33. The molecule has 0 fully saturated rings. The first kappa shape index (κ1) is 20.7. The first-order valence-corrected chi connectivity index (χ1v) is 11.6. The molecule has 3 heterocycles. The van der Waals surface area contributed by atoms with Crippen LogP contribution in [-0.4, -0.2) is 32.2 Å².